The number of nitro benzene ring substituents is 1. The van der Waals surface area contributed by atoms with Gasteiger partial charge in [0.05, 0.1) is 51.6 Å². The molecule has 0 radical (unpaired) electrons. The Morgan fingerprint density at radius 3 is 2.47 bits per heavy atom. The molecule has 47 heavy (non-hydrogen) atoms. The number of hydrogen-bond acceptors (Lipinski definition) is 10. The van der Waals surface area contributed by atoms with Crippen LogP contribution < -0.4 is 29.1 Å². The van der Waals surface area contributed by atoms with Gasteiger partial charge in [-0.3, -0.25) is 19.5 Å². The van der Waals surface area contributed by atoms with Crippen LogP contribution in [-0.4, -0.2) is 35.8 Å². The van der Waals surface area contributed by atoms with Crippen LogP contribution in [0.5, 0.6) is 17.2 Å². The fourth-order valence-corrected chi connectivity index (χ4v) is 7.50. The molecule has 244 valence electrons. The first-order chi connectivity index (χ1) is 22.6. The van der Waals surface area contributed by atoms with Gasteiger partial charge in [-0.15, -0.1) is 0 Å². The maximum Gasteiger partial charge on any atom is 0.338 e. The third-order valence-electron chi connectivity index (χ3n) is 7.17. The summed E-state index contributed by atoms with van der Waals surface area (Å²) in [7, 11) is 1.54. The predicted molar refractivity (Wildman–Crippen MR) is 184 cm³/mol. The van der Waals surface area contributed by atoms with E-state index in [4.69, 9.17) is 18.9 Å². The van der Waals surface area contributed by atoms with Gasteiger partial charge in [0, 0.05) is 22.2 Å². The smallest absolute Gasteiger partial charge is 0.338 e. The lowest BCUT2D eigenvalue weighted by atomic mass is 9.95. The van der Waals surface area contributed by atoms with Gasteiger partial charge in [0.25, 0.3) is 11.2 Å². The lowest BCUT2D eigenvalue weighted by Crippen LogP contribution is -2.40. The number of aromatic nitrogens is 1. The molecule has 0 N–H and O–H groups in total. The van der Waals surface area contributed by atoms with E-state index in [-0.39, 0.29) is 30.0 Å². The van der Waals surface area contributed by atoms with E-state index in [1.54, 1.807) is 57.4 Å². The van der Waals surface area contributed by atoms with E-state index in [0.717, 1.165) is 10.0 Å². The molecule has 0 saturated heterocycles. The minimum absolute atomic E-state index is 0.0157. The lowest BCUT2D eigenvalue weighted by molar-refractivity contribution is -0.384. The van der Waals surface area contributed by atoms with Gasteiger partial charge in [0.15, 0.2) is 16.3 Å². The molecule has 0 saturated carbocycles. The highest BCUT2D eigenvalue weighted by Crippen LogP contribution is 2.37. The number of fused-ring (bicyclic) bond motifs is 1. The van der Waals surface area contributed by atoms with Gasteiger partial charge < -0.3 is 18.9 Å². The van der Waals surface area contributed by atoms with E-state index in [1.165, 1.54) is 28.0 Å². The molecule has 0 amide bonds. The minimum atomic E-state index is -0.843. The van der Waals surface area contributed by atoms with E-state index >= 15 is 0 Å². The number of carbonyl (C=O) groups excluding carboxylic acids is 1. The van der Waals surface area contributed by atoms with Crippen molar-refractivity contribution in [1.29, 1.82) is 0 Å². The van der Waals surface area contributed by atoms with Crippen LogP contribution in [0.2, 0.25) is 0 Å². The number of halogens is 2. The summed E-state index contributed by atoms with van der Waals surface area (Å²) >= 11 is 8.27. The molecule has 1 aliphatic heterocycles. The average molecular weight is 787 g/mol. The maximum absolute atomic E-state index is 14.2. The lowest BCUT2D eigenvalue weighted by Gasteiger charge is -2.25. The van der Waals surface area contributed by atoms with Gasteiger partial charge in [-0.25, -0.2) is 9.79 Å². The second kappa shape index (κ2) is 14.7. The van der Waals surface area contributed by atoms with E-state index < -0.39 is 16.9 Å². The molecule has 0 unspecified atom stereocenters. The topological polar surface area (TPSA) is 131 Å². The molecule has 0 fully saturated rings. The van der Waals surface area contributed by atoms with Crippen LogP contribution in [0.3, 0.4) is 0 Å². The number of non-ortho nitro benzene ring substituents is 1. The summed E-state index contributed by atoms with van der Waals surface area (Å²) in [4.78, 5) is 43.2. The number of methoxy groups -OCH3 is 1. The zero-order chi connectivity index (χ0) is 33.8. The molecule has 5 rings (SSSR count). The van der Waals surface area contributed by atoms with Gasteiger partial charge in [-0.05, 0) is 90.3 Å². The molecule has 0 bridgehead atoms. The van der Waals surface area contributed by atoms with Crippen molar-refractivity contribution in [3.63, 3.8) is 0 Å². The number of nitrogens with zero attached hydrogens (tertiary/aromatic N) is 3. The highest BCUT2D eigenvalue weighted by atomic mass is 79.9. The van der Waals surface area contributed by atoms with Crippen molar-refractivity contribution in [3.05, 3.63) is 121 Å². The first-order valence-corrected chi connectivity index (χ1v) is 16.8. The zero-order valence-corrected chi connectivity index (χ0v) is 29.7. The summed E-state index contributed by atoms with van der Waals surface area (Å²) in [6.45, 7) is 5.96. The summed E-state index contributed by atoms with van der Waals surface area (Å²) in [6, 6.07) is 14.2. The van der Waals surface area contributed by atoms with Crippen molar-refractivity contribution in [2.45, 2.75) is 33.4 Å². The summed E-state index contributed by atoms with van der Waals surface area (Å²) in [6.07, 6.45) is 1.71. The van der Waals surface area contributed by atoms with E-state index in [1.807, 2.05) is 19.1 Å². The molecule has 11 nitrogen and oxygen atoms in total. The van der Waals surface area contributed by atoms with Crippen LogP contribution in [0.25, 0.3) is 6.08 Å². The number of thiazole rings is 1. The van der Waals surface area contributed by atoms with Gasteiger partial charge in [-0.1, -0.05) is 33.3 Å². The van der Waals surface area contributed by atoms with Gasteiger partial charge in [-0.2, -0.15) is 0 Å². The van der Waals surface area contributed by atoms with Gasteiger partial charge in [0.2, 0.25) is 0 Å². The molecule has 14 heteroatoms. The Kier molecular flexibility index (Phi) is 10.6. The van der Waals surface area contributed by atoms with Crippen LogP contribution in [0.4, 0.5) is 5.69 Å². The Labute approximate surface area is 290 Å². The normalized spacial score (nSPS) is 14.3. The third-order valence-corrected chi connectivity index (χ3v) is 9.20. The third kappa shape index (κ3) is 7.19. The number of ether oxygens (including phenoxy) is 4. The quantitative estimate of drug-likeness (QED) is 0.0996. The fraction of sp³-hybridized carbons (Fsp3) is 0.242. The predicted octanol–water partition coefficient (Wildman–Crippen LogP) is 6.22. The summed E-state index contributed by atoms with van der Waals surface area (Å²) < 4.78 is 26.1. The van der Waals surface area contributed by atoms with Crippen LogP contribution in [-0.2, 0) is 16.1 Å². The van der Waals surface area contributed by atoms with E-state index in [0.29, 0.717) is 54.5 Å². The van der Waals surface area contributed by atoms with Crippen LogP contribution in [0, 0.1) is 10.1 Å². The Morgan fingerprint density at radius 2 is 1.81 bits per heavy atom. The van der Waals surface area contributed by atoms with Gasteiger partial charge in [0.1, 0.15) is 12.4 Å². The number of carbonyl (C=O) groups is 1. The SMILES string of the molecule is CCOC(=O)C1=C(C)N=c2s/c(=C\c3cc(Br)cc(Br)c3OCc3ccc([N+](=O)[O-])cc3)c(=O)n2[C@H]1c1ccc(OC)c(OCC)c1. The number of nitro groups is 1. The highest BCUT2D eigenvalue weighted by Gasteiger charge is 2.34. The van der Waals surface area contributed by atoms with Crippen molar-refractivity contribution in [1.82, 2.24) is 4.57 Å². The van der Waals surface area contributed by atoms with Crippen molar-refractivity contribution in [2.75, 3.05) is 20.3 Å². The fourth-order valence-electron chi connectivity index (χ4n) is 5.09. The number of rotatable bonds is 11. The summed E-state index contributed by atoms with van der Waals surface area (Å²) in [5, 5.41) is 11.0. The molecule has 4 aromatic rings. The Balaban J connectivity index is 1.63. The monoisotopic (exact) mass is 785 g/mol. The minimum Gasteiger partial charge on any atom is -0.493 e. The van der Waals surface area contributed by atoms with E-state index in [9.17, 15) is 19.7 Å². The van der Waals surface area contributed by atoms with E-state index in [2.05, 4.69) is 36.9 Å². The first kappa shape index (κ1) is 34.1. The highest BCUT2D eigenvalue weighted by molar-refractivity contribution is 9.11. The van der Waals surface area contributed by atoms with Crippen LogP contribution in [0.1, 0.15) is 43.5 Å². The molecule has 1 aliphatic rings. The molecule has 3 aromatic carbocycles. The molecule has 0 aliphatic carbocycles. The Hall–Kier alpha value is -4.27. The largest absolute Gasteiger partial charge is 0.493 e. The van der Waals surface area contributed by atoms with Crippen LogP contribution >= 0.6 is 43.2 Å². The van der Waals surface area contributed by atoms with Crippen molar-refractivity contribution >= 4 is 60.9 Å². The molecule has 2 heterocycles. The molecule has 1 atom stereocenters. The molecular formula is C33H29Br2N3O8S. The van der Waals surface area contributed by atoms with Crippen molar-refractivity contribution in [3.8, 4) is 17.2 Å². The second-order valence-corrected chi connectivity index (χ2v) is 12.9. The van der Waals surface area contributed by atoms with Crippen molar-refractivity contribution in [2.24, 2.45) is 4.99 Å². The maximum atomic E-state index is 14.2. The zero-order valence-electron chi connectivity index (χ0n) is 25.7. The van der Waals surface area contributed by atoms with Crippen molar-refractivity contribution < 1.29 is 28.7 Å². The first-order valence-electron chi connectivity index (χ1n) is 14.4. The van der Waals surface area contributed by atoms with Gasteiger partial charge >= 0.3 is 5.97 Å². The molecule has 0 spiro atoms. The second-order valence-electron chi connectivity index (χ2n) is 10.2. The number of benzene rings is 3. The Morgan fingerprint density at radius 1 is 1.06 bits per heavy atom. The number of allylic oxidation sites excluding steroid dienone is 1. The number of hydrogen-bond donors (Lipinski definition) is 0. The number of esters is 1. The Bertz CT molecular complexity index is 2070. The summed E-state index contributed by atoms with van der Waals surface area (Å²) in [5.41, 5.74) is 2.25. The standard InChI is InChI=1S/C33H29Br2N3O8S/c1-5-44-26-14-20(9-12-25(26)43-4)29-28(32(40)45-6-2)18(3)36-33-37(29)31(39)27(47-33)15-21-13-22(34)16-24(35)30(21)46-17-19-7-10-23(11-8-19)38(41)42/h7-16,29H,5-6,17H2,1-4H3/b27-15-/t29-/m0/s1. The summed E-state index contributed by atoms with van der Waals surface area (Å²) in [5.74, 6) is 0.887. The average Bonchev–Trinajstić information content (AvgIpc) is 3.34. The van der Waals surface area contributed by atoms with Crippen LogP contribution in [0.15, 0.2) is 84.6 Å². The molecular weight excluding hydrogens is 758 g/mol. The molecule has 1 aromatic heterocycles.